The largest absolute Gasteiger partial charge is 0.593 e. The topological polar surface area (TPSA) is 155 Å². The summed E-state index contributed by atoms with van der Waals surface area (Å²) in [6.45, 7) is 2.47. The predicted octanol–water partition coefficient (Wildman–Crippen LogP) is 8.57. The number of thioether (sulfide) groups is 1. The van der Waals surface area contributed by atoms with Gasteiger partial charge in [-0.3, -0.25) is 4.79 Å². The van der Waals surface area contributed by atoms with E-state index < -0.39 is 32.0 Å². The van der Waals surface area contributed by atoms with Gasteiger partial charge in [0.25, 0.3) is 15.9 Å². The van der Waals surface area contributed by atoms with E-state index in [1.54, 1.807) is 12.1 Å². The molecular weight excluding hydrogens is 841 g/mol. The highest BCUT2D eigenvalue weighted by atomic mass is 35.5. The molecule has 0 saturated heterocycles. The number of anilines is 2. The number of alkyl halides is 3. The number of benzene rings is 5. The number of nitrogens with one attached hydrogen (secondary N) is 4. The van der Waals surface area contributed by atoms with E-state index in [0.29, 0.717) is 48.3 Å². The molecule has 0 fully saturated rings. The predicted molar refractivity (Wildman–Crippen MR) is 232 cm³/mol. The lowest BCUT2D eigenvalue weighted by atomic mass is 10.00. The van der Waals surface area contributed by atoms with Gasteiger partial charge in [-0.2, -0.15) is 4.81 Å². The lowest BCUT2D eigenvalue weighted by molar-refractivity contribution is -0.274. The number of hydroxylamine groups is 2. The van der Waals surface area contributed by atoms with Gasteiger partial charge in [-0.05, 0) is 117 Å². The molecule has 5 N–H and O–H groups in total. The molecule has 12 nitrogen and oxygen atoms in total. The Morgan fingerprint density at radius 3 is 2.28 bits per heavy atom. The van der Waals surface area contributed by atoms with Crippen LogP contribution in [0.2, 0.25) is 5.02 Å². The van der Waals surface area contributed by atoms with Crippen LogP contribution in [0.15, 0.2) is 125 Å². The zero-order valence-corrected chi connectivity index (χ0v) is 35.4. The smallest absolute Gasteiger partial charge is 0.573 e. The molecule has 0 spiro atoms. The first-order valence-corrected chi connectivity index (χ1v) is 21.5. The number of sulfonamides is 1. The fraction of sp³-hybridized carbons (Fsp3) is 0.262. The number of halogens is 4. The highest BCUT2D eigenvalue weighted by Crippen LogP contribution is 2.34. The second-order valence-electron chi connectivity index (χ2n) is 14.1. The van der Waals surface area contributed by atoms with E-state index >= 15 is 0 Å². The molecule has 1 unspecified atom stereocenters. The maximum Gasteiger partial charge on any atom is 0.573 e. The molecule has 0 heterocycles. The van der Waals surface area contributed by atoms with Crippen molar-refractivity contribution in [2.45, 2.75) is 35.2 Å². The molecule has 0 aromatic heterocycles. The van der Waals surface area contributed by atoms with Crippen molar-refractivity contribution in [3.63, 3.8) is 0 Å². The molecule has 60 heavy (non-hydrogen) atoms. The summed E-state index contributed by atoms with van der Waals surface area (Å²) < 4.78 is 70.5. The van der Waals surface area contributed by atoms with Gasteiger partial charge in [0.2, 0.25) is 0 Å². The van der Waals surface area contributed by atoms with Crippen molar-refractivity contribution in [2.75, 3.05) is 57.2 Å². The molecule has 320 valence electrons. The average Bonchev–Trinajstić information content (AvgIpc) is 3.19. The Balaban J connectivity index is 1.17. The molecule has 0 aliphatic rings. The molecule has 1 amide bonds. The van der Waals surface area contributed by atoms with E-state index in [1.807, 2.05) is 60.1 Å². The number of amides is 1. The normalized spacial score (nSPS) is 13.4. The fourth-order valence-corrected chi connectivity index (χ4v) is 8.08. The first kappa shape index (κ1) is 46.2. The lowest BCUT2D eigenvalue weighted by Gasteiger charge is -2.31. The van der Waals surface area contributed by atoms with Crippen molar-refractivity contribution < 1.29 is 36.3 Å². The third-order valence-corrected chi connectivity index (χ3v) is 11.8. The third-order valence-electron chi connectivity index (χ3n) is 9.01. The maximum absolute atomic E-state index is 13.4. The Morgan fingerprint density at radius 1 is 0.950 bits per heavy atom. The summed E-state index contributed by atoms with van der Waals surface area (Å²) in [4.78, 5) is 13.3. The van der Waals surface area contributed by atoms with Gasteiger partial charge in [0.1, 0.15) is 12.8 Å². The first-order valence-electron chi connectivity index (χ1n) is 18.7. The summed E-state index contributed by atoms with van der Waals surface area (Å²) in [5.74, 6) is -0.854. The zero-order valence-electron chi connectivity index (χ0n) is 33.0. The molecule has 0 aliphatic heterocycles. The van der Waals surface area contributed by atoms with Crippen LogP contribution < -0.4 is 30.2 Å². The van der Waals surface area contributed by atoms with Crippen molar-refractivity contribution >= 4 is 56.4 Å². The Labute approximate surface area is 356 Å². The number of ether oxygens (including phenoxy) is 1. The van der Waals surface area contributed by atoms with Crippen LogP contribution >= 0.6 is 23.4 Å². The van der Waals surface area contributed by atoms with Crippen molar-refractivity contribution in [3.05, 3.63) is 137 Å². The average molecular weight is 887 g/mol. The summed E-state index contributed by atoms with van der Waals surface area (Å²) in [5.41, 5.74) is 3.94. The summed E-state index contributed by atoms with van der Waals surface area (Å²) in [7, 11) is 0.160. The molecule has 5 aromatic carbocycles. The van der Waals surface area contributed by atoms with Gasteiger partial charge in [0.05, 0.1) is 10.6 Å². The van der Waals surface area contributed by atoms with Crippen molar-refractivity contribution in [2.24, 2.45) is 0 Å². The van der Waals surface area contributed by atoms with Gasteiger partial charge in [-0.25, -0.2) is 18.3 Å². The molecule has 5 rings (SSSR count). The van der Waals surface area contributed by atoms with Crippen molar-refractivity contribution in [1.29, 1.82) is 0 Å². The van der Waals surface area contributed by atoms with Gasteiger partial charge < -0.3 is 30.8 Å². The molecule has 0 radical (unpaired) electrons. The molecule has 0 aliphatic carbocycles. The summed E-state index contributed by atoms with van der Waals surface area (Å²) in [6.07, 6.45) is -4.26. The minimum Gasteiger partial charge on any atom is -0.593 e. The second-order valence-corrected chi connectivity index (χ2v) is 17.3. The van der Waals surface area contributed by atoms with Gasteiger partial charge in [-0.15, -0.1) is 24.9 Å². The van der Waals surface area contributed by atoms with Crippen LogP contribution in [0.4, 0.5) is 30.2 Å². The number of quaternary nitrogens is 1. The monoisotopic (exact) mass is 886 g/mol. The molecule has 18 heteroatoms. The van der Waals surface area contributed by atoms with Crippen LogP contribution in [-0.2, 0) is 16.6 Å². The van der Waals surface area contributed by atoms with Gasteiger partial charge >= 0.3 is 6.36 Å². The summed E-state index contributed by atoms with van der Waals surface area (Å²) in [6, 6.07) is 30.7. The number of rotatable bonds is 20. The standard InChI is InChI=1S/C42H46ClF3N6O6S2/c1-51(2)25-22-34(28-59-36-18-16-35(17-19-36)58-42(44,45)46)49-39-21-20-37(26-40(39)52(3,54)55)60(56,57)50-41(53)30-10-14-33(15-11-30)48-24-23-47-27-31-6-4-5-7-38(31)29-8-12-32(43)13-9-29/h4-21,26,34,47-49,54H,22-25,27-28H2,1-3H3,(H,50,53)/t34-/m1/s1. The first-order chi connectivity index (χ1) is 28.4. The SMILES string of the molecule is CN(C)CC[C@H](CSc1ccc(OC(F)(F)F)cc1)Nc1ccc(S(=O)(=O)NC(=O)c2ccc(NCCNCc3ccccc3-c3ccc(Cl)cc3)cc2)cc1[N+](C)([O-])O. The molecule has 0 bridgehead atoms. The maximum atomic E-state index is 13.4. The van der Waals surface area contributed by atoms with E-state index in [9.17, 15) is 36.8 Å². The van der Waals surface area contributed by atoms with E-state index in [1.165, 1.54) is 60.3 Å². The Kier molecular flexibility index (Phi) is 15.9. The summed E-state index contributed by atoms with van der Waals surface area (Å²) in [5, 5.41) is 34.1. The van der Waals surface area contributed by atoms with Gasteiger partial charge in [-0.1, -0.05) is 48.0 Å². The van der Waals surface area contributed by atoms with Gasteiger partial charge in [0, 0.05) is 58.7 Å². The number of hydrogen-bond donors (Lipinski definition) is 5. The number of hydrogen-bond acceptors (Lipinski definition) is 11. The quantitative estimate of drug-likeness (QED) is 0.0221. The number of carbonyl (C=O) groups excluding carboxylic acids is 1. The second kappa shape index (κ2) is 20.6. The zero-order chi connectivity index (χ0) is 43.5. The van der Waals surface area contributed by atoms with E-state index in [4.69, 9.17) is 11.6 Å². The van der Waals surface area contributed by atoms with Crippen molar-refractivity contribution in [1.82, 2.24) is 19.7 Å². The van der Waals surface area contributed by atoms with E-state index in [-0.39, 0.29) is 28.7 Å². The number of carbonyl (C=O) groups is 1. The Hall–Kier alpha value is -4.85. The highest BCUT2D eigenvalue weighted by molar-refractivity contribution is 7.99. The Morgan fingerprint density at radius 2 is 1.63 bits per heavy atom. The molecule has 2 atom stereocenters. The fourth-order valence-electron chi connectivity index (χ4n) is 5.99. The molecule has 0 saturated carbocycles. The minimum atomic E-state index is -4.81. The third kappa shape index (κ3) is 14.1. The Bertz CT molecular complexity index is 2300. The van der Waals surface area contributed by atoms with Gasteiger partial charge in [0.15, 0.2) is 5.69 Å². The molecular formula is C42H46ClF3N6O6S2. The number of nitrogens with zero attached hydrogens (tertiary/aromatic N) is 2. The molecule has 5 aromatic rings. The van der Waals surface area contributed by atoms with Crippen LogP contribution in [0.5, 0.6) is 5.75 Å². The van der Waals surface area contributed by atoms with E-state index in [0.717, 1.165) is 35.5 Å². The van der Waals surface area contributed by atoms with Crippen LogP contribution in [-0.4, -0.2) is 83.4 Å². The van der Waals surface area contributed by atoms with Crippen molar-refractivity contribution in [3.8, 4) is 16.9 Å². The summed E-state index contributed by atoms with van der Waals surface area (Å²) >= 11 is 7.40. The minimum absolute atomic E-state index is 0.0786. The van der Waals surface area contributed by atoms with E-state index in [2.05, 4.69) is 32.8 Å². The highest BCUT2D eigenvalue weighted by Gasteiger charge is 2.31. The lowest BCUT2D eigenvalue weighted by Crippen LogP contribution is -2.36. The van der Waals surface area contributed by atoms with Crippen LogP contribution in [0.1, 0.15) is 22.3 Å². The van der Waals surface area contributed by atoms with Crippen LogP contribution in [0, 0.1) is 5.21 Å². The van der Waals surface area contributed by atoms with Crippen LogP contribution in [0.25, 0.3) is 11.1 Å². The van der Waals surface area contributed by atoms with Crippen LogP contribution in [0.3, 0.4) is 0 Å².